The molecule has 0 amide bonds. The quantitative estimate of drug-likeness (QED) is 0.700. The topological polar surface area (TPSA) is 29.3 Å². The van der Waals surface area contributed by atoms with Crippen molar-refractivity contribution in [2.75, 3.05) is 23.7 Å². The third kappa shape index (κ3) is 1.73. The van der Waals surface area contributed by atoms with E-state index in [0.717, 1.165) is 29.5 Å². The zero-order chi connectivity index (χ0) is 9.26. The number of anilines is 2. The summed E-state index contributed by atoms with van der Waals surface area (Å²) in [6.45, 7) is 2.23. The Kier molecular flexibility index (Phi) is 2.32. The van der Waals surface area contributed by atoms with Crippen LogP contribution in [0.15, 0.2) is 18.2 Å². The van der Waals surface area contributed by atoms with Crippen LogP contribution in [0.4, 0.5) is 11.4 Å². The van der Waals surface area contributed by atoms with E-state index in [2.05, 4.69) is 4.90 Å². The second-order valence-electron chi connectivity index (χ2n) is 3.41. The van der Waals surface area contributed by atoms with Gasteiger partial charge in [-0.3, -0.25) is 0 Å². The Balaban J connectivity index is 2.29. The highest BCUT2D eigenvalue weighted by atomic mass is 35.5. The number of hydrogen-bond donors (Lipinski definition) is 1. The van der Waals surface area contributed by atoms with Gasteiger partial charge in [-0.15, -0.1) is 0 Å². The Labute approximate surface area is 83.3 Å². The van der Waals surface area contributed by atoms with E-state index in [9.17, 15) is 0 Å². The van der Waals surface area contributed by atoms with Crippen molar-refractivity contribution in [1.82, 2.24) is 0 Å². The minimum absolute atomic E-state index is 0.730. The lowest BCUT2D eigenvalue weighted by Gasteiger charge is -2.18. The number of benzene rings is 1. The molecule has 0 saturated carbocycles. The normalized spacial score (nSPS) is 16.5. The highest BCUT2D eigenvalue weighted by Crippen LogP contribution is 2.29. The summed E-state index contributed by atoms with van der Waals surface area (Å²) in [5.41, 5.74) is 7.47. The smallest absolute Gasteiger partial charge is 0.0660 e. The molecule has 0 spiro atoms. The molecular weight excluding hydrogens is 184 g/mol. The molecule has 0 aromatic heterocycles. The van der Waals surface area contributed by atoms with Crippen molar-refractivity contribution in [3.05, 3.63) is 23.2 Å². The second-order valence-corrected chi connectivity index (χ2v) is 3.81. The van der Waals surface area contributed by atoms with E-state index in [-0.39, 0.29) is 0 Å². The van der Waals surface area contributed by atoms with Gasteiger partial charge in [0.1, 0.15) is 0 Å². The lowest BCUT2D eigenvalue weighted by atomic mass is 10.2. The minimum Gasteiger partial charge on any atom is -0.399 e. The SMILES string of the molecule is Nc1ccc(N2CCCC2)c(Cl)c1. The molecule has 0 radical (unpaired) electrons. The first-order chi connectivity index (χ1) is 6.27. The van der Waals surface area contributed by atoms with E-state index in [0.29, 0.717) is 0 Å². The van der Waals surface area contributed by atoms with Crippen LogP contribution in [0.3, 0.4) is 0 Å². The zero-order valence-corrected chi connectivity index (χ0v) is 8.22. The predicted molar refractivity (Wildman–Crippen MR) is 57.3 cm³/mol. The van der Waals surface area contributed by atoms with Crippen LogP contribution in [-0.2, 0) is 0 Å². The lowest BCUT2D eigenvalue weighted by Crippen LogP contribution is -2.17. The van der Waals surface area contributed by atoms with Gasteiger partial charge in [-0.25, -0.2) is 0 Å². The van der Waals surface area contributed by atoms with Crippen LogP contribution >= 0.6 is 11.6 Å². The summed E-state index contributed by atoms with van der Waals surface area (Å²) in [5, 5.41) is 0.766. The van der Waals surface area contributed by atoms with Gasteiger partial charge in [0.25, 0.3) is 0 Å². The maximum atomic E-state index is 6.09. The van der Waals surface area contributed by atoms with Gasteiger partial charge in [-0.1, -0.05) is 11.6 Å². The molecular formula is C10H13ClN2. The van der Waals surface area contributed by atoms with Gasteiger partial charge in [0.15, 0.2) is 0 Å². The van der Waals surface area contributed by atoms with Crippen molar-refractivity contribution >= 4 is 23.0 Å². The van der Waals surface area contributed by atoms with E-state index in [1.807, 2.05) is 18.2 Å². The van der Waals surface area contributed by atoms with E-state index in [4.69, 9.17) is 17.3 Å². The van der Waals surface area contributed by atoms with Gasteiger partial charge in [0, 0.05) is 18.8 Å². The molecule has 2 nitrogen and oxygen atoms in total. The lowest BCUT2D eigenvalue weighted by molar-refractivity contribution is 0.949. The molecule has 1 aliphatic rings. The Morgan fingerprint density at radius 1 is 1.23 bits per heavy atom. The maximum Gasteiger partial charge on any atom is 0.0660 e. The van der Waals surface area contributed by atoms with Crippen LogP contribution in [0.1, 0.15) is 12.8 Å². The average Bonchev–Trinajstić information content (AvgIpc) is 2.56. The number of hydrogen-bond acceptors (Lipinski definition) is 2. The molecule has 70 valence electrons. The second kappa shape index (κ2) is 3.46. The number of rotatable bonds is 1. The van der Waals surface area contributed by atoms with Crippen molar-refractivity contribution in [3.63, 3.8) is 0 Å². The summed E-state index contributed by atoms with van der Waals surface area (Å²) in [4.78, 5) is 2.31. The van der Waals surface area contributed by atoms with Crippen molar-refractivity contribution in [2.45, 2.75) is 12.8 Å². The summed E-state index contributed by atoms with van der Waals surface area (Å²) in [5.74, 6) is 0. The molecule has 13 heavy (non-hydrogen) atoms. The van der Waals surface area contributed by atoms with E-state index >= 15 is 0 Å². The van der Waals surface area contributed by atoms with Gasteiger partial charge in [0.2, 0.25) is 0 Å². The average molecular weight is 197 g/mol. The Bertz CT molecular complexity index is 306. The van der Waals surface area contributed by atoms with Crippen molar-refractivity contribution in [1.29, 1.82) is 0 Å². The van der Waals surface area contributed by atoms with Gasteiger partial charge in [-0.2, -0.15) is 0 Å². The van der Waals surface area contributed by atoms with Gasteiger partial charge < -0.3 is 10.6 Å². The summed E-state index contributed by atoms with van der Waals surface area (Å²) >= 11 is 6.09. The Morgan fingerprint density at radius 3 is 2.54 bits per heavy atom. The van der Waals surface area contributed by atoms with Crippen LogP contribution in [0.5, 0.6) is 0 Å². The monoisotopic (exact) mass is 196 g/mol. The van der Waals surface area contributed by atoms with Crippen molar-refractivity contribution in [2.24, 2.45) is 0 Å². The zero-order valence-electron chi connectivity index (χ0n) is 7.46. The summed E-state index contributed by atoms with van der Waals surface area (Å²) < 4.78 is 0. The summed E-state index contributed by atoms with van der Waals surface area (Å²) in [6, 6.07) is 5.72. The third-order valence-corrected chi connectivity index (χ3v) is 2.72. The van der Waals surface area contributed by atoms with Gasteiger partial charge in [-0.05, 0) is 31.0 Å². The first-order valence-electron chi connectivity index (χ1n) is 4.57. The molecule has 0 unspecified atom stereocenters. The molecule has 0 bridgehead atoms. The fourth-order valence-corrected chi connectivity index (χ4v) is 2.05. The third-order valence-electron chi connectivity index (χ3n) is 2.42. The fraction of sp³-hybridized carbons (Fsp3) is 0.400. The molecule has 1 saturated heterocycles. The summed E-state index contributed by atoms with van der Waals surface area (Å²) in [6.07, 6.45) is 2.53. The molecule has 1 aromatic carbocycles. The van der Waals surface area contributed by atoms with Gasteiger partial charge in [0.05, 0.1) is 10.7 Å². The molecule has 2 N–H and O–H groups in total. The highest BCUT2D eigenvalue weighted by Gasteiger charge is 2.14. The number of nitrogen functional groups attached to an aromatic ring is 1. The first-order valence-corrected chi connectivity index (χ1v) is 4.95. The number of nitrogens with two attached hydrogens (primary N) is 1. The Hall–Kier alpha value is -0.890. The van der Waals surface area contributed by atoms with E-state index < -0.39 is 0 Å². The Morgan fingerprint density at radius 2 is 1.92 bits per heavy atom. The van der Waals surface area contributed by atoms with Crippen LogP contribution in [0.2, 0.25) is 5.02 Å². The molecule has 3 heteroatoms. The molecule has 0 atom stereocenters. The minimum atomic E-state index is 0.730. The number of halogens is 1. The molecule has 2 rings (SSSR count). The van der Waals surface area contributed by atoms with Crippen molar-refractivity contribution in [3.8, 4) is 0 Å². The van der Waals surface area contributed by atoms with Crippen LogP contribution in [0, 0.1) is 0 Å². The molecule has 1 aromatic rings. The molecule has 1 fully saturated rings. The molecule has 0 aliphatic carbocycles. The van der Waals surface area contributed by atoms with E-state index in [1.54, 1.807) is 0 Å². The maximum absolute atomic E-state index is 6.09. The van der Waals surface area contributed by atoms with Crippen LogP contribution < -0.4 is 10.6 Å². The standard InChI is InChI=1S/C10H13ClN2/c11-9-7-8(12)3-4-10(9)13-5-1-2-6-13/h3-4,7H,1-2,5-6,12H2. The van der Waals surface area contributed by atoms with Crippen LogP contribution in [-0.4, -0.2) is 13.1 Å². The van der Waals surface area contributed by atoms with Gasteiger partial charge >= 0.3 is 0 Å². The predicted octanol–water partition coefficient (Wildman–Crippen LogP) is 2.52. The summed E-state index contributed by atoms with van der Waals surface area (Å²) in [7, 11) is 0. The highest BCUT2D eigenvalue weighted by molar-refractivity contribution is 6.33. The molecule has 1 heterocycles. The van der Waals surface area contributed by atoms with E-state index in [1.165, 1.54) is 12.8 Å². The number of nitrogens with zero attached hydrogens (tertiary/aromatic N) is 1. The van der Waals surface area contributed by atoms with Crippen molar-refractivity contribution < 1.29 is 0 Å². The molecule has 1 aliphatic heterocycles. The van der Waals surface area contributed by atoms with Crippen LogP contribution in [0.25, 0.3) is 0 Å². The first kappa shape index (κ1) is 8.70. The fourth-order valence-electron chi connectivity index (χ4n) is 1.74. The largest absolute Gasteiger partial charge is 0.399 e.